The minimum Gasteiger partial charge on any atom is -0.330 e. The first-order chi connectivity index (χ1) is 10.3. The Morgan fingerprint density at radius 1 is 1.32 bits per heavy atom. The number of hydrogen-bond acceptors (Lipinski definition) is 4. The second kappa shape index (κ2) is 6.05. The van der Waals surface area contributed by atoms with Gasteiger partial charge in [-0.3, -0.25) is 15.2 Å². The SMILES string of the molecule is O=C(NC(=S)Nc1cc(C(F)(F)F)ccc1F)c1ncn[nH]1. The Morgan fingerprint density at radius 3 is 2.64 bits per heavy atom. The highest BCUT2D eigenvalue weighted by molar-refractivity contribution is 7.80. The van der Waals surface area contributed by atoms with E-state index >= 15 is 0 Å². The summed E-state index contributed by atoms with van der Waals surface area (Å²) in [6, 6.07) is 1.78. The van der Waals surface area contributed by atoms with Gasteiger partial charge in [0, 0.05) is 0 Å². The lowest BCUT2D eigenvalue weighted by Crippen LogP contribution is -2.35. The maximum absolute atomic E-state index is 13.5. The smallest absolute Gasteiger partial charge is 0.330 e. The number of anilines is 1. The first-order valence-electron chi connectivity index (χ1n) is 5.62. The van der Waals surface area contributed by atoms with Gasteiger partial charge in [-0.25, -0.2) is 9.37 Å². The summed E-state index contributed by atoms with van der Waals surface area (Å²) in [7, 11) is 0. The van der Waals surface area contributed by atoms with Gasteiger partial charge in [-0.15, -0.1) is 0 Å². The monoisotopic (exact) mass is 333 g/mol. The number of hydrogen-bond donors (Lipinski definition) is 3. The van der Waals surface area contributed by atoms with E-state index in [0.717, 1.165) is 6.33 Å². The van der Waals surface area contributed by atoms with Crippen LogP contribution in [0, 0.1) is 5.82 Å². The van der Waals surface area contributed by atoms with Crippen LogP contribution in [0.1, 0.15) is 16.2 Å². The summed E-state index contributed by atoms with van der Waals surface area (Å²) in [4.78, 5) is 15.1. The number of alkyl halides is 3. The average Bonchev–Trinajstić information content (AvgIpc) is 2.94. The van der Waals surface area contributed by atoms with Gasteiger partial charge >= 0.3 is 6.18 Å². The molecule has 0 atom stereocenters. The Bertz CT molecular complexity index is 701. The van der Waals surface area contributed by atoms with E-state index < -0.39 is 29.2 Å². The molecule has 0 fully saturated rings. The van der Waals surface area contributed by atoms with Crippen LogP contribution >= 0.6 is 12.2 Å². The molecule has 0 radical (unpaired) electrons. The Morgan fingerprint density at radius 2 is 2.05 bits per heavy atom. The van der Waals surface area contributed by atoms with Crippen LogP contribution in [-0.2, 0) is 6.18 Å². The van der Waals surface area contributed by atoms with Crippen LogP contribution in [0.3, 0.4) is 0 Å². The molecule has 0 bridgehead atoms. The molecular formula is C11H7F4N5OS. The lowest BCUT2D eigenvalue weighted by Gasteiger charge is -2.12. The second-order valence-electron chi connectivity index (χ2n) is 3.93. The lowest BCUT2D eigenvalue weighted by atomic mass is 10.2. The summed E-state index contributed by atoms with van der Waals surface area (Å²) in [6.45, 7) is 0. The molecule has 6 nitrogen and oxygen atoms in total. The minimum absolute atomic E-state index is 0.159. The van der Waals surface area contributed by atoms with Crippen molar-refractivity contribution in [2.24, 2.45) is 0 Å². The minimum atomic E-state index is -4.63. The summed E-state index contributed by atoms with van der Waals surface area (Å²) >= 11 is 4.73. The van der Waals surface area contributed by atoms with Crippen molar-refractivity contribution in [3.8, 4) is 0 Å². The number of H-pyrrole nitrogens is 1. The normalized spacial score (nSPS) is 11.1. The van der Waals surface area contributed by atoms with Crippen molar-refractivity contribution in [1.29, 1.82) is 0 Å². The summed E-state index contributed by atoms with van der Waals surface area (Å²) in [5.41, 5.74) is -1.57. The number of halogens is 4. The van der Waals surface area contributed by atoms with E-state index in [9.17, 15) is 22.4 Å². The van der Waals surface area contributed by atoms with Gasteiger partial charge in [0.25, 0.3) is 5.91 Å². The third kappa shape index (κ3) is 3.75. The van der Waals surface area contributed by atoms with Crippen LogP contribution in [0.2, 0.25) is 0 Å². The number of aromatic amines is 1. The van der Waals surface area contributed by atoms with Crippen molar-refractivity contribution >= 4 is 28.9 Å². The first-order valence-corrected chi connectivity index (χ1v) is 6.02. The molecule has 3 N–H and O–H groups in total. The predicted molar refractivity (Wildman–Crippen MR) is 71.5 cm³/mol. The van der Waals surface area contributed by atoms with E-state index in [4.69, 9.17) is 12.2 Å². The highest BCUT2D eigenvalue weighted by Gasteiger charge is 2.31. The van der Waals surface area contributed by atoms with Crippen LogP contribution in [0.5, 0.6) is 0 Å². The molecule has 1 amide bonds. The molecular weight excluding hydrogens is 326 g/mol. The molecule has 0 spiro atoms. The van der Waals surface area contributed by atoms with Gasteiger partial charge in [0.05, 0.1) is 11.3 Å². The third-order valence-electron chi connectivity index (χ3n) is 2.40. The number of nitrogens with zero attached hydrogens (tertiary/aromatic N) is 2. The van der Waals surface area contributed by atoms with Crippen LogP contribution in [-0.4, -0.2) is 26.2 Å². The topological polar surface area (TPSA) is 82.7 Å². The number of carbonyl (C=O) groups is 1. The molecule has 2 aromatic rings. The Balaban J connectivity index is 2.10. The number of thiocarbonyl (C=S) groups is 1. The summed E-state index contributed by atoms with van der Waals surface area (Å²) < 4.78 is 51.2. The van der Waals surface area contributed by atoms with Crippen LogP contribution in [0.15, 0.2) is 24.5 Å². The van der Waals surface area contributed by atoms with Crippen molar-refractivity contribution in [3.63, 3.8) is 0 Å². The standard InChI is InChI=1S/C11H7F4N5OS/c12-6-2-1-5(11(13,14)15)3-7(6)18-10(22)19-9(21)8-16-4-17-20-8/h1-4H,(H,16,17,20)(H2,18,19,21,22). The predicted octanol–water partition coefficient (Wildman–Crippen LogP) is 2.09. The van der Waals surface area contributed by atoms with E-state index in [1.54, 1.807) is 0 Å². The Labute approximate surface area is 125 Å². The lowest BCUT2D eigenvalue weighted by molar-refractivity contribution is -0.137. The van der Waals surface area contributed by atoms with Crippen molar-refractivity contribution in [3.05, 3.63) is 41.7 Å². The van der Waals surface area contributed by atoms with Crippen LogP contribution in [0.25, 0.3) is 0 Å². The van der Waals surface area contributed by atoms with E-state index in [1.807, 2.05) is 0 Å². The van der Waals surface area contributed by atoms with E-state index in [1.165, 1.54) is 0 Å². The molecule has 0 aliphatic carbocycles. The van der Waals surface area contributed by atoms with E-state index in [-0.39, 0.29) is 10.9 Å². The molecule has 0 aliphatic rings. The summed E-state index contributed by atoms with van der Waals surface area (Å²) in [5, 5.41) is 9.61. The largest absolute Gasteiger partial charge is 0.416 e. The molecule has 11 heteroatoms. The fourth-order valence-corrected chi connectivity index (χ4v) is 1.63. The van der Waals surface area contributed by atoms with Gasteiger partial charge in [0.15, 0.2) is 5.11 Å². The molecule has 0 aliphatic heterocycles. The molecule has 0 unspecified atom stereocenters. The number of benzene rings is 1. The number of nitrogens with one attached hydrogen (secondary N) is 3. The average molecular weight is 333 g/mol. The molecule has 0 saturated carbocycles. The van der Waals surface area contributed by atoms with E-state index in [0.29, 0.717) is 18.2 Å². The zero-order valence-corrected chi connectivity index (χ0v) is 11.3. The summed E-state index contributed by atoms with van der Waals surface area (Å²) in [5.74, 6) is -1.89. The number of rotatable bonds is 2. The Kier molecular flexibility index (Phi) is 4.35. The van der Waals surface area contributed by atoms with Gasteiger partial charge in [-0.2, -0.15) is 18.3 Å². The number of carbonyl (C=O) groups excluding carboxylic acids is 1. The fraction of sp³-hybridized carbons (Fsp3) is 0.0909. The van der Waals surface area contributed by atoms with Gasteiger partial charge < -0.3 is 5.32 Å². The fourth-order valence-electron chi connectivity index (χ4n) is 1.43. The molecule has 116 valence electrons. The molecule has 1 aromatic carbocycles. The molecule has 0 saturated heterocycles. The maximum Gasteiger partial charge on any atom is 0.416 e. The summed E-state index contributed by atoms with van der Waals surface area (Å²) in [6.07, 6.45) is -3.55. The molecule has 1 heterocycles. The van der Waals surface area contributed by atoms with Crippen molar-refractivity contribution in [2.75, 3.05) is 5.32 Å². The van der Waals surface area contributed by atoms with Crippen molar-refractivity contribution in [2.45, 2.75) is 6.18 Å². The highest BCUT2D eigenvalue weighted by atomic mass is 32.1. The zero-order chi connectivity index (χ0) is 16.3. The van der Waals surface area contributed by atoms with Crippen LogP contribution < -0.4 is 10.6 Å². The van der Waals surface area contributed by atoms with Crippen molar-refractivity contribution in [1.82, 2.24) is 20.5 Å². The first kappa shape index (κ1) is 15.8. The number of aromatic nitrogens is 3. The maximum atomic E-state index is 13.5. The number of amides is 1. The van der Waals surface area contributed by atoms with Gasteiger partial charge in [0.1, 0.15) is 12.1 Å². The highest BCUT2D eigenvalue weighted by Crippen LogP contribution is 2.31. The van der Waals surface area contributed by atoms with Gasteiger partial charge in [-0.05, 0) is 30.4 Å². The van der Waals surface area contributed by atoms with Crippen molar-refractivity contribution < 1.29 is 22.4 Å². The quantitative estimate of drug-likeness (QED) is 0.579. The molecule has 22 heavy (non-hydrogen) atoms. The third-order valence-corrected chi connectivity index (χ3v) is 2.60. The zero-order valence-electron chi connectivity index (χ0n) is 10.5. The molecule has 2 rings (SSSR count). The van der Waals surface area contributed by atoms with E-state index in [2.05, 4.69) is 25.8 Å². The molecule has 1 aromatic heterocycles. The van der Waals surface area contributed by atoms with Gasteiger partial charge in [-0.1, -0.05) is 0 Å². The van der Waals surface area contributed by atoms with Crippen LogP contribution in [0.4, 0.5) is 23.2 Å². The second-order valence-corrected chi connectivity index (χ2v) is 4.34. The van der Waals surface area contributed by atoms with Gasteiger partial charge in [0.2, 0.25) is 5.82 Å². The Hall–Kier alpha value is -2.56.